The number of hydrogen-bond donors (Lipinski definition) is 0. The molecule has 1 aromatic carbocycles. The van der Waals surface area contributed by atoms with E-state index in [0.29, 0.717) is 26.4 Å². The summed E-state index contributed by atoms with van der Waals surface area (Å²) in [7, 11) is 1.52. The van der Waals surface area contributed by atoms with Crippen LogP contribution >= 0.6 is 0 Å². The smallest absolute Gasteiger partial charge is 0.125 e. The summed E-state index contributed by atoms with van der Waals surface area (Å²) in [6.07, 6.45) is 7.82. The Hall–Kier alpha value is -2.27. The summed E-state index contributed by atoms with van der Waals surface area (Å²) in [6, 6.07) is 3.99. The lowest BCUT2D eigenvalue weighted by Gasteiger charge is -2.13. The first-order chi connectivity index (χ1) is 12.1. The third-order valence-electron chi connectivity index (χ3n) is 3.28. The van der Waals surface area contributed by atoms with Gasteiger partial charge in [0.25, 0.3) is 0 Å². The molecule has 0 saturated carbocycles. The monoisotopic (exact) mass is 347 g/mol. The van der Waals surface area contributed by atoms with Crippen molar-refractivity contribution >= 4 is 5.71 Å². The normalized spacial score (nSPS) is 12.1. The first-order valence-electron chi connectivity index (χ1n) is 8.35. The van der Waals surface area contributed by atoms with Crippen molar-refractivity contribution in [1.29, 1.82) is 0 Å². The van der Waals surface area contributed by atoms with E-state index in [0.717, 1.165) is 28.3 Å². The molecule has 0 saturated heterocycles. The fourth-order valence-corrected chi connectivity index (χ4v) is 2.19. The lowest BCUT2D eigenvalue weighted by molar-refractivity contribution is 0.185. The molecule has 0 spiro atoms. The molecule has 0 aliphatic heterocycles. The first-order valence-corrected chi connectivity index (χ1v) is 8.35. The Morgan fingerprint density at radius 1 is 1.00 bits per heavy atom. The Labute approximate surface area is 150 Å². The third kappa shape index (κ3) is 8.40. The van der Waals surface area contributed by atoms with Gasteiger partial charge in [-0.1, -0.05) is 23.4 Å². The standard InChI is InChI=1S/C20H29NO4/c1-6-7-11-24-19-13-16(2)20(17(3)14-19)25-12-9-8-10-23-15-18(4)21-22-5/h6-9,13-14H,10-12,15H2,1-5H3/b7-6+,9-8+,21-18+. The summed E-state index contributed by atoms with van der Waals surface area (Å²) in [4.78, 5) is 4.66. The van der Waals surface area contributed by atoms with E-state index in [4.69, 9.17) is 14.2 Å². The molecule has 1 aromatic rings. The highest BCUT2D eigenvalue weighted by molar-refractivity contribution is 5.82. The second-order valence-electron chi connectivity index (χ2n) is 5.57. The maximum Gasteiger partial charge on any atom is 0.125 e. The van der Waals surface area contributed by atoms with E-state index in [-0.39, 0.29) is 0 Å². The van der Waals surface area contributed by atoms with Crippen LogP contribution in [0, 0.1) is 13.8 Å². The number of aryl methyl sites for hydroxylation is 2. The number of oxime groups is 1. The molecule has 0 atom stereocenters. The summed E-state index contributed by atoms with van der Waals surface area (Å²) >= 11 is 0. The highest BCUT2D eigenvalue weighted by atomic mass is 16.6. The van der Waals surface area contributed by atoms with Crippen molar-refractivity contribution in [2.75, 3.05) is 33.5 Å². The largest absolute Gasteiger partial charge is 0.490 e. The Balaban J connectivity index is 2.41. The minimum atomic E-state index is 0.450. The quantitative estimate of drug-likeness (QED) is 0.260. The van der Waals surface area contributed by atoms with Gasteiger partial charge in [-0.2, -0.15) is 0 Å². The molecule has 0 aliphatic rings. The predicted octanol–water partition coefficient (Wildman–Crippen LogP) is 4.23. The van der Waals surface area contributed by atoms with E-state index < -0.39 is 0 Å². The molecular weight excluding hydrogens is 318 g/mol. The van der Waals surface area contributed by atoms with Gasteiger partial charge in [-0.3, -0.25) is 0 Å². The van der Waals surface area contributed by atoms with Crippen molar-refractivity contribution < 1.29 is 19.0 Å². The molecule has 0 radical (unpaired) electrons. The second-order valence-corrected chi connectivity index (χ2v) is 5.57. The molecule has 138 valence electrons. The van der Waals surface area contributed by atoms with Gasteiger partial charge in [-0.05, 0) is 57.0 Å². The van der Waals surface area contributed by atoms with Crippen LogP contribution in [0.2, 0.25) is 0 Å². The van der Waals surface area contributed by atoms with Crippen molar-refractivity contribution in [1.82, 2.24) is 0 Å². The molecule has 0 fully saturated rings. The van der Waals surface area contributed by atoms with Gasteiger partial charge in [-0.15, -0.1) is 0 Å². The number of nitrogens with zero attached hydrogens (tertiary/aromatic N) is 1. The van der Waals surface area contributed by atoms with Crippen LogP contribution in [0.4, 0.5) is 0 Å². The molecule has 0 aliphatic carbocycles. The molecule has 5 heteroatoms. The van der Waals surface area contributed by atoms with Crippen molar-refractivity contribution in [2.24, 2.45) is 5.16 Å². The number of ether oxygens (including phenoxy) is 3. The zero-order chi connectivity index (χ0) is 18.5. The van der Waals surface area contributed by atoms with Crippen LogP contribution < -0.4 is 9.47 Å². The summed E-state index contributed by atoms with van der Waals surface area (Å²) in [5, 5.41) is 3.78. The van der Waals surface area contributed by atoms with Crippen molar-refractivity contribution in [3.05, 3.63) is 47.6 Å². The molecule has 0 amide bonds. The molecule has 0 bridgehead atoms. The van der Waals surface area contributed by atoms with Gasteiger partial charge < -0.3 is 19.0 Å². The highest BCUT2D eigenvalue weighted by Crippen LogP contribution is 2.28. The number of benzene rings is 1. The minimum Gasteiger partial charge on any atom is -0.490 e. The Morgan fingerprint density at radius 3 is 2.28 bits per heavy atom. The number of rotatable bonds is 11. The summed E-state index contributed by atoms with van der Waals surface area (Å²) in [6.45, 7) is 9.91. The van der Waals surface area contributed by atoms with Crippen LogP contribution in [0.25, 0.3) is 0 Å². The summed E-state index contributed by atoms with van der Waals surface area (Å²) < 4.78 is 17.0. The zero-order valence-corrected chi connectivity index (χ0v) is 15.9. The molecule has 1 rings (SSSR count). The van der Waals surface area contributed by atoms with Crippen molar-refractivity contribution in [3.63, 3.8) is 0 Å². The van der Waals surface area contributed by atoms with Gasteiger partial charge in [0.05, 0.1) is 18.9 Å². The predicted molar refractivity (Wildman–Crippen MR) is 102 cm³/mol. The molecule has 0 N–H and O–H groups in total. The van der Waals surface area contributed by atoms with E-state index in [2.05, 4.69) is 9.99 Å². The molecule has 0 heterocycles. The molecule has 5 nitrogen and oxygen atoms in total. The molecular formula is C20H29NO4. The van der Waals surface area contributed by atoms with E-state index >= 15 is 0 Å². The maximum atomic E-state index is 5.86. The van der Waals surface area contributed by atoms with Gasteiger partial charge in [0.15, 0.2) is 0 Å². The van der Waals surface area contributed by atoms with Gasteiger partial charge in [-0.25, -0.2) is 0 Å². The fourth-order valence-electron chi connectivity index (χ4n) is 2.19. The number of hydrogen-bond acceptors (Lipinski definition) is 5. The lowest BCUT2D eigenvalue weighted by atomic mass is 10.1. The van der Waals surface area contributed by atoms with E-state index in [1.807, 2.05) is 64.1 Å². The van der Waals surface area contributed by atoms with Gasteiger partial charge in [0.2, 0.25) is 0 Å². The Bertz CT molecular complexity index is 583. The van der Waals surface area contributed by atoms with Gasteiger partial charge >= 0.3 is 0 Å². The summed E-state index contributed by atoms with van der Waals surface area (Å²) in [5.41, 5.74) is 2.92. The highest BCUT2D eigenvalue weighted by Gasteiger charge is 2.06. The maximum absolute atomic E-state index is 5.86. The zero-order valence-electron chi connectivity index (χ0n) is 15.9. The summed E-state index contributed by atoms with van der Waals surface area (Å²) in [5.74, 6) is 1.75. The second kappa shape index (κ2) is 12.1. The Morgan fingerprint density at radius 2 is 1.64 bits per heavy atom. The average molecular weight is 347 g/mol. The minimum absolute atomic E-state index is 0.450. The molecule has 0 unspecified atom stereocenters. The van der Waals surface area contributed by atoms with E-state index in [9.17, 15) is 0 Å². The average Bonchev–Trinajstić information content (AvgIpc) is 2.56. The first kappa shape index (κ1) is 20.8. The fraction of sp³-hybridized carbons (Fsp3) is 0.450. The molecule has 25 heavy (non-hydrogen) atoms. The van der Waals surface area contributed by atoms with Crippen LogP contribution in [-0.2, 0) is 9.57 Å². The van der Waals surface area contributed by atoms with Crippen molar-refractivity contribution in [2.45, 2.75) is 27.7 Å². The topological polar surface area (TPSA) is 49.3 Å². The third-order valence-corrected chi connectivity index (χ3v) is 3.28. The van der Waals surface area contributed by atoms with Crippen LogP contribution in [0.1, 0.15) is 25.0 Å². The van der Waals surface area contributed by atoms with Crippen LogP contribution in [0.3, 0.4) is 0 Å². The van der Waals surface area contributed by atoms with Gasteiger partial charge in [0.1, 0.15) is 31.8 Å². The van der Waals surface area contributed by atoms with Crippen LogP contribution in [0.15, 0.2) is 41.6 Å². The van der Waals surface area contributed by atoms with Crippen LogP contribution in [0.5, 0.6) is 11.5 Å². The molecule has 0 aromatic heterocycles. The van der Waals surface area contributed by atoms with Crippen molar-refractivity contribution in [3.8, 4) is 11.5 Å². The Kier molecular flexibility index (Phi) is 10.1. The SMILES string of the molecule is C/C=C/COc1cc(C)c(OC/C=C/COC/C(C)=N/OC)c(C)c1. The van der Waals surface area contributed by atoms with Gasteiger partial charge in [0, 0.05) is 0 Å². The lowest BCUT2D eigenvalue weighted by Crippen LogP contribution is -2.05. The number of allylic oxidation sites excluding steroid dienone is 1. The van der Waals surface area contributed by atoms with E-state index in [1.165, 1.54) is 7.11 Å². The van der Waals surface area contributed by atoms with E-state index in [1.54, 1.807) is 0 Å². The van der Waals surface area contributed by atoms with Crippen LogP contribution in [-0.4, -0.2) is 39.2 Å².